The molecule has 1 radical (unpaired) electrons. The zero-order valence-corrected chi connectivity index (χ0v) is 30.7. The number of H-pyrrole nitrogens is 2. The number of benzene rings is 4. The first-order valence-electron chi connectivity index (χ1n) is 15.1. The molecule has 0 unspecified atom stereocenters. The van der Waals surface area contributed by atoms with Crippen LogP contribution in [0, 0.1) is 0 Å². The van der Waals surface area contributed by atoms with Crippen LogP contribution < -0.4 is 10.6 Å². The van der Waals surface area contributed by atoms with Gasteiger partial charge in [-0.3, -0.25) is 10.2 Å². The quantitative estimate of drug-likeness (QED) is 0.0744. The molecule has 4 aromatic carbocycles. The maximum Gasteiger partial charge on any atom is 2.00 e. The van der Waals surface area contributed by atoms with Crippen LogP contribution in [-0.2, 0) is 42.3 Å². The first-order valence-corrected chi connectivity index (χ1v) is 16.8. The van der Waals surface area contributed by atoms with E-state index in [1.807, 2.05) is 121 Å². The van der Waals surface area contributed by atoms with Crippen LogP contribution in [0.15, 0.2) is 121 Å². The Hall–Kier alpha value is -5.28. The third-order valence-electron chi connectivity index (χ3n) is 7.63. The standard InChI is InChI=1S/2C18H13N5S2.Mn/c2*24-18(25)19-16-14-13(11-7-3-1-4-8-11)15(12-9-5-2-6-10-12)20-22-17(14)23-21-16;/h2*1-10H,(H3,19,21,22,23,24,25);/q;;+2/p-2. The van der Waals surface area contributed by atoms with E-state index in [0.29, 0.717) is 22.9 Å². The van der Waals surface area contributed by atoms with Crippen molar-refractivity contribution in [1.82, 2.24) is 40.8 Å². The number of nitrogens with zero attached hydrogens (tertiary/aromatic N) is 6. The van der Waals surface area contributed by atoms with Gasteiger partial charge in [-0.25, -0.2) is 0 Å². The summed E-state index contributed by atoms with van der Waals surface area (Å²) in [6.45, 7) is 0. The molecule has 0 bridgehead atoms. The first-order chi connectivity index (χ1) is 24.5. The van der Waals surface area contributed by atoms with E-state index in [9.17, 15) is 0 Å². The van der Waals surface area contributed by atoms with E-state index in [0.717, 1.165) is 55.5 Å². The smallest absolute Gasteiger partial charge is 0.411 e. The molecule has 0 fully saturated rings. The van der Waals surface area contributed by atoms with Crippen LogP contribution in [0.1, 0.15) is 0 Å². The summed E-state index contributed by atoms with van der Waals surface area (Å²) in [6, 6.07) is 39.9. The fraction of sp³-hybridized carbons (Fsp3) is 0. The van der Waals surface area contributed by atoms with E-state index in [1.165, 1.54) is 0 Å². The summed E-state index contributed by atoms with van der Waals surface area (Å²) in [4.78, 5) is 0. The van der Waals surface area contributed by atoms with Gasteiger partial charge < -0.3 is 60.3 Å². The van der Waals surface area contributed by atoms with Gasteiger partial charge in [-0.1, -0.05) is 130 Å². The third kappa shape index (κ3) is 7.73. The topological polar surface area (TPSA) is 133 Å². The number of aromatic nitrogens is 8. The number of anilines is 2. The van der Waals surface area contributed by atoms with Crippen molar-refractivity contribution in [2.24, 2.45) is 0 Å². The average molecular weight is 780 g/mol. The number of nitrogens with one attached hydrogen (secondary N) is 4. The predicted octanol–water partition coefficient (Wildman–Crippen LogP) is 7.86. The van der Waals surface area contributed by atoms with E-state index in [1.54, 1.807) is 0 Å². The molecule has 0 aliphatic carbocycles. The van der Waals surface area contributed by atoms with Gasteiger partial charge in [0.25, 0.3) is 0 Å². The number of thiocarbonyl (C=S) groups is 2. The normalized spacial score (nSPS) is 10.5. The van der Waals surface area contributed by atoms with Gasteiger partial charge in [0.15, 0.2) is 22.9 Å². The van der Waals surface area contributed by atoms with Gasteiger partial charge in [0.1, 0.15) is 11.4 Å². The Morgan fingerprint density at radius 3 is 1.10 bits per heavy atom. The number of hydrogen-bond acceptors (Lipinski definition) is 10. The molecule has 8 rings (SSSR count). The van der Waals surface area contributed by atoms with Crippen molar-refractivity contribution in [3.8, 4) is 44.8 Å². The molecule has 0 atom stereocenters. The van der Waals surface area contributed by atoms with Crippen molar-refractivity contribution in [1.29, 1.82) is 0 Å². The minimum Gasteiger partial charge on any atom is -0.411 e. The number of fused-ring (bicyclic) bond motifs is 2. The summed E-state index contributed by atoms with van der Waals surface area (Å²) < 4.78 is 0.455. The SMILES string of the molecule is S=C([S-])Nc1n[nH]c2nnc(-c3ccccc3)c(-c3ccccc3)c12.S=C([S-])Nc1n[nH]c2nnc(-c3ccccc3)c(-c3ccccc3)c12.[Mn+2]. The van der Waals surface area contributed by atoms with Gasteiger partial charge in [-0.2, -0.15) is 10.2 Å². The minimum atomic E-state index is 0. The first kappa shape index (κ1) is 35.5. The third-order valence-corrected chi connectivity index (χ3v) is 8.04. The van der Waals surface area contributed by atoms with Gasteiger partial charge in [-0.15, -0.1) is 20.4 Å². The number of rotatable bonds is 6. The molecule has 0 spiro atoms. The average Bonchev–Trinajstić information content (AvgIpc) is 3.75. The van der Waals surface area contributed by atoms with Crippen molar-refractivity contribution in [3.63, 3.8) is 0 Å². The molecule has 10 nitrogen and oxygen atoms in total. The summed E-state index contributed by atoms with van der Waals surface area (Å²) in [5, 5.41) is 39.3. The molecule has 4 N–H and O–H groups in total. The van der Waals surface area contributed by atoms with Crippen molar-refractivity contribution < 1.29 is 17.1 Å². The van der Waals surface area contributed by atoms with E-state index < -0.39 is 0 Å². The summed E-state index contributed by atoms with van der Waals surface area (Å²) in [7, 11) is 0. The second kappa shape index (κ2) is 16.2. The summed E-state index contributed by atoms with van der Waals surface area (Å²) in [6.07, 6.45) is 0. The molecular formula is C36H24MnN10S4. The summed E-state index contributed by atoms with van der Waals surface area (Å²) in [5.41, 5.74) is 8.55. The maximum absolute atomic E-state index is 5.01. The molecule has 4 heterocycles. The predicted molar refractivity (Wildman–Crippen MR) is 212 cm³/mol. The number of aromatic amines is 2. The molecule has 0 saturated heterocycles. The Morgan fingerprint density at radius 1 is 0.471 bits per heavy atom. The maximum atomic E-state index is 5.01. The Balaban J connectivity index is 0.000000172. The Bertz CT molecular complexity index is 2270. The van der Waals surface area contributed by atoms with E-state index >= 15 is 0 Å². The fourth-order valence-corrected chi connectivity index (χ4v) is 5.95. The van der Waals surface area contributed by atoms with Gasteiger partial charge in [0.2, 0.25) is 0 Å². The van der Waals surface area contributed by atoms with Crippen LogP contribution in [-0.4, -0.2) is 49.4 Å². The van der Waals surface area contributed by atoms with E-state index in [4.69, 9.17) is 49.7 Å². The summed E-state index contributed by atoms with van der Waals surface area (Å²) in [5.74, 6) is 1.11. The molecule has 0 saturated carbocycles. The second-order valence-corrected chi connectivity index (χ2v) is 12.9. The van der Waals surface area contributed by atoms with Crippen molar-refractivity contribution >= 4 is 92.0 Å². The molecule has 51 heavy (non-hydrogen) atoms. The van der Waals surface area contributed by atoms with Crippen LogP contribution in [0.25, 0.3) is 66.8 Å². The fourth-order valence-electron chi connectivity index (χ4n) is 5.56. The van der Waals surface area contributed by atoms with Crippen LogP contribution in [0.3, 0.4) is 0 Å². The Labute approximate surface area is 324 Å². The zero-order chi connectivity index (χ0) is 34.5. The molecule has 0 amide bonds. The van der Waals surface area contributed by atoms with Crippen molar-refractivity contribution in [3.05, 3.63) is 121 Å². The number of hydrogen-bond donors (Lipinski definition) is 4. The molecule has 4 aromatic heterocycles. The molecular weight excluding hydrogens is 756 g/mol. The zero-order valence-electron chi connectivity index (χ0n) is 26.2. The monoisotopic (exact) mass is 779 g/mol. The van der Waals surface area contributed by atoms with E-state index in [2.05, 4.69) is 51.4 Å². The van der Waals surface area contributed by atoms with Gasteiger partial charge >= 0.3 is 17.1 Å². The van der Waals surface area contributed by atoms with Crippen LogP contribution >= 0.6 is 24.4 Å². The Kier molecular flexibility index (Phi) is 11.3. The molecule has 15 heteroatoms. The van der Waals surface area contributed by atoms with Crippen LogP contribution in [0.2, 0.25) is 0 Å². The van der Waals surface area contributed by atoms with E-state index in [-0.39, 0.29) is 25.7 Å². The second-order valence-electron chi connectivity index (χ2n) is 10.7. The molecule has 8 aromatic rings. The molecule has 0 aliphatic heterocycles. The van der Waals surface area contributed by atoms with Gasteiger partial charge in [0, 0.05) is 22.3 Å². The van der Waals surface area contributed by atoms with Crippen molar-refractivity contribution in [2.45, 2.75) is 0 Å². The van der Waals surface area contributed by atoms with Crippen LogP contribution in [0.4, 0.5) is 11.6 Å². The van der Waals surface area contributed by atoms with Crippen LogP contribution in [0.5, 0.6) is 0 Å². The van der Waals surface area contributed by atoms with Gasteiger partial charge in [0.05, 0.1) is 10.8 Å². The van der Waals surface area contributed by atoms with Gasteiger partial charge in [-0.05, 0) is 11.1 Å². The Morgan fingerprint density at radius 2 is 0.784 bits per heavy atom. The summed E-state index contributed by atoms with van der Waals surface area (Å²) >= 11 is 20.0. The largest absolute Gasteiger partial charge is 2.00 e. The minimum absolute atomic E-state index is 0. The van der Waals surface area contributed by atoms with Crippen molar-refractivity contribution in [2.75, 3.05) is 10.6 Å². The molecule has 0 aliphatic rings. The molecule has 249 valence electrons.